The summed E-state index contributed by atoms with van der Waals surface area (Å²) in [5.41, 5.74) is 1.19. The van der Waals surface area contributed by atoms with Gasteiger partial charge < -0.3 is 14.6 Å². The van der Waals surface area contributed by atoms with E-state index in [2.05, 4.69) is 34.2 Å². The van der Waals surface area contributed by atoms with Gasteiger partial charge >= 0.3 is 0 Å². The lowest BCUT2D eigenvalue weighted by molar-refractivity contribution is 0.0644. The van der Waals surface area contributed by atoms with Crippen LogP contribution < -0.4 is 10.2 Å². The topological polar surface area (TPSA) is 65.6 Å². The van der Waals surface area contributed by atoms with Gasteiger partial charge in [0.2, 0.25) is 5.43 Å². The zero-order valence-corrected chi connectivity index (χ0v) is 14.9. The van der Waals surface area contributed by atoms with Crippen molar-refractivity contribution >= 4 is 12.0 Å². The first-order chi connectivity index (χ1) is 12.7. The highest BCUT2D eigenvalue weighted by Crippen LogP contribution is 2.09. The minimum absolute atomic E-state index is 0.149. The molecule has 6 heteroatoms. The number of nitrogens with one attached hydrogen (secondary N) is 1. The number of benzene rings is 1. The van der Waals surface area contributed by atoms with Crippen LogP contribution in [0.4, 0.5) is 0 Å². The van der Waals surface area contributed by atoms with Crippen LogP contribution in [0.5, 0.6) is 5.75 Å². The third-order valence-corrected chi connectivity index (χ3v) is 4.46. The van der Waals surface area contributed by atoms with E-state index in [0.717, 1.165) is 19.6 Å². The number of piperazine rings is 1. The summed E-state index contributed by atoms with van der Waals surface area (Å²) in [4.78, 5) is 31.3. The summed E-state index contributed by atoms with van der Waals surface area (Å²) in [6, 6.07) is 11.5. The van der Waals surface area contributed by atoms with E-state index >= 15 is 0 Å². The van der Waals surface area contributed by atoms with E-state index in [0.29, 0.717) is 18.8 Å². The fourth-order valence-corrected chi connectivity index (χ4v) is 2.95. The molecule has 1 aliphatic rings. The number of aromatic amines is 1. The summed E-state index contributed by atoms with van der Waals surface area (Å²) >= 11 is 0. The molecule has 0 saturated carbocycles. The minimum atomic E-state index is -0.292. The molecule has 1 N–H and O–H groups in total. The summed E-state index contributed by atoms with van der Waals surface area (Å²) in [5, 5.41) is 0. The number of amides is 1. The van der Waals surface area contributed by atoms with Gasteiger partial charge in [-0.1, -0.05) is 42.5 Å². The molecule has 6 nitrogen and oxygen atoms in total. The maximum Gasteiger partial charge on any atom is 0.270 e. The Bertz CT molecular complexity index is 822. The number of ether oxygens (including phenoxy) is 1. The quantitative estimate of drug-likeness (QED) is 0.891. The summed E-state index contributed by atoms with van der Waals surface area (Å²) in [6.07, 6.45) is 5.69. The van der Waals surface area contributed by atoms with Crippen LogP contribution in [0, 0.1) is 0 Å². The maximum atomic E-state index is 12.5. The second-order valence-electron chi connectivity index (χ2n) is 6.19. The average Bonchev–Trinajstić information content (AvgIpc) is 2.69. The first-order valence-corrected chi connectivity index (χ1v) is 8.67. The number of rotatable bonds is 5. The van der Waals surface area contributed by atoms with Crippen LogP contribution in [0.2, 0.25) is 0 Å². The van der Waals surface area contributed by atoms with E-state index in [-0.39, 0.29) is 17.1 Å². The first-order valence-electron chi connectivity index (χ1n) is 8.67. The Labute approximate surface area is 152 Å². The summed E-state index contributed by atoms with van der Waals surface area (Å²) in [7, 11) is 1.43. The number of carbonyl (C=O) groups is 1. The van der Waals surface area contributed by atoms with E-state index in [9.17, 15) is 9.59 Å². The van der Waals surface area contributed by atoms with E-state index in [1.54, 1.807) is 4.90 Å². The molecule has 136 valence electrons. The van der Waals surface area contributed by atoms with Crippen molar-refractivity contribution in [3.8, 4) is 5.75 Å². The Hall–Kier alpha value is -2.86. The second-order valence-corrected chi connectivity index (χ2v) is 6.19. The lowest BCUT2D eigenvalue weighted by Crippen LogP contribution is -2.48. The van der Waals surface area contributed by atoms with E-state index < -0.39 is 0 Å². The lowest BCUT2D eigenvalue weighted by Gasteiger charge is -2.34. The van der Waals surface area contributed by atoms with E-state index in [1.165, 1.54) is 24.9 Å². The fraction of sp³-hybridized carbons (Fsp3) is 0.300. The SMILES string of the molecule is COc1c[nH]c(C(=O)N2CCN(CC=Cc3ccccc3)CC2)cc1=O. The summed E-state index contributed by atoms with van der Waals surface area (Å²) in [5.74, 6) is 0.0563. The van der Waals surface area contributed by atoms with Crippen LogP contribution in [0.15, 0.2) is 53.5 Å². The minimum Gasteiger partial charge on any atom is -0.491 e. The number of H-pyrrole nitrogens is 1. The molecular formula is C20H23N3O3. The monoisotopic (exact) mass is 353 g/mol. The molecule has 0 spiro atoms. The van der Waals surface area contributed by atoms with Crippen molar-refractivity contribution in [3.63, 3.8) is 0 Å². The van der Waals surface area contributed by atoms with Crippen LogP contribution in [0.3, 0.4) is 0 Å². The van der Waals surface area contributed by atoms with Crippen LogP contribution in [-0.4, -0.2) is 60.5 Å². The third kappa shape index (κ3) is 4.40. The number of hydrogen-bond acceptors (Lipinski definition) is 4. The van der Waals surface area contributed by atoms with Gasteiger partial charge in [0.15, 0.2) is 5.75 Å². The van der Waals surface area contributed by atoms with Crippen LogP contribution in [0.1, 0.15) is 16.1 Å². The van der Waals surface area contributed by atoms with Crippen molar-refractivity contribution in [3.05, 3.63) is 70.2 Å². The average molecular weight is 353 g/mol. The Morgan fingerprint density at radius 3 is 2.58 bits per heavy atom. The van der Waals surface area contributed by atoms with Crippen molar-refractivity contribution in [2.75, 3.05) is 39.8 Å². The van der Waals surface area contributed by atoms with Crippen molar-refractivity contribution in [1.29, 1.82) is 0 Å². The van der Waals surface area contributed by atoms with Crippen LogP contribution in [-0.2, 0) is 0 Å². The highest BCUT2D eigenvalue weighted by Gasteiger charge is 2.22. The number of methoxy groups -OCH3 is 1. The number of nitrogens with zero attached hydrogens (tertiary/aromatic N) is 2. The van der Waals surface area contributed by atoms with Crippen LogP contribution >= 0.6 is 0 Å². The summed E-state index contributed by atoms with van der Waals surface area (Å²) in [6.45, 7) is 3.77. The fourth-order valence-electron chi connectivity index (χ4n) is 2.95. The van der Waals surface area contributed by atoms with E-state index in [1.807, 2.05) is 18.2 Å². The summed E-state index contributed by atoms with van der Waals surface area (Å²) < 4.78 is 4.93. The molecule has 1 aliphatic heterocycles. The highest BCUT2D eigenvalue weighted by atomic mass is 16.5. The molecule has 2 heterocycles. The van der Waals surface area contributed by atoms with Gasteiger partial charge in [0.25, 0.3) is 5.91 Å². The van der Waals surface area contributed by atoms with Crippen molar-refractivity contribution in [2.45, 2.75) is 0 Å². The Morgan fingerprint density at radius 1 is 1.19 bits per heavy atom. The van der Waals surface area contributed by atoms with Gasteiger partial charge in [0.05, 0.1) is 7.11 Å². The Kier molecular flexibility index (Phi) is 5.86. The molecule has 1 amide bonds. The molecule has 3 rings (SSSR count). The van der Waals surface area contributed by atoms with Gasteiger partial charge in [0, 0.05) is 45.0 Å². The molecule has 0 radical (unpaired) electrons. The second kappa shape index (κ2) is 8.49. The lowest BCUT2D eigenvalue weighted by atomic mass is 10.2. The first kappa shape index (κ1) is 17.9. The number of hydrogen-bond donors (Lipinski definition) is 1. The standard InChI is InChI=1S/C20H23N3O3/c1-26-19-15-21-17(14-18(19)24)20(25)23-12-10-22(11-13-23)9-5-8-16-6-3-2-4-7-16/h2-8,14-15H,9-13H2,1H3,(H,21,24). The smallest absolute Gasteiger partial charge is 0.270 e. The van der Waals surface area contributed by atoms with Gasteiger partial charge in [-0.15, -0.1) is 0 Å². The maximum absolute atomic E-state index is 12.5. The number of pyridine rings is 1. The largest absolute Gasteiger partial charge is 0.491 e. The molecule has 0 bridgehead atoms. The molecule has 1 fully saturated rings. The Balaban J connectivity index is 1.51. The molecule has 0 unspecified atom stereocenters. The van der Waals surface area contributed by atoms with Gasteiger partial charge in [-0.2, -0.15) is 0 Å². The molecule has 1 aromatic carbocycles. The zero-order valence-electron chi connectivity index (χ0n) is 14.9. The predicted octanol–water partition coefficient (Wildman–Crippen LogP) is 1.85. The van der Waals surface area contributed by atoms with E-state index in [4.69, 9.17) is 4.74 Å². The number of carbonyl (C=O) groups excluding carboxylic acids is 1. The molecule has 1 saturated heterocycles. The van der Waals surface area contributed by atoms with Gasteiger partial charge in [-0.05, 0) is 5.56 Å². The molecule has 1 aromatic heterocycles. The van der Waals surface area contributed by atoms with Gasteiger partial charge in [-0.3, -0.25) is 14.5 Å². The molecular weight excluding hydrogens is 330 g/mol. The molecule has 26 heavy (non-hydrogen) atoms. The molecule has 0 aliphatic carbocycles. The van der Waals surface area contributed by atoms with Gasteiger partial charge in [0.1, 0.15) is 5.69 Å². The Morgan fingerprint density at radius 2 is 1.92 bits per heavy atom. The predicted molar refractivity (Wildman–Crippen MR) is 101 cm³/mol. The van der Waals surface area contributed by atoms with Crippen molar-refractivity contribution in [2.24, 2.45) is 0 Å². The molecule has 2 aromatic rings. The van der Waals surface area contributed by atoms with Gasteiger partial charge in [-0.25, -0.2) is 0 Å². The normalized spacial score (nSPS) is 15.3. The van der Waals surface area contributed by atoms with Crippen molar-refractivity contribution in [1.82, 2.24) is 14.8 Å². The zero-order chi connectivity index (χ0) is 18.4. The van der Waals surface area contributed by atoms with Crippen LogP contribution in [0.25, 0.3) is 6.08 Å². The highest BCUT2D eigenvalue weighted by molar-refractivity contribution is 5.92. The third-order valence-electron chi connectivity index (χ3n) is 4.46. The number of aromatic nitrogens is 1. The molecule has 0 atom stereocenters. The van der Waals surface area contributed by atoms with Crippen molar-refractivity contribution < 1.29 is 9.53 Å².